The van der Waals surface area contributed by atoms with E-state index in [1.54, 1.807) is 11.8 Å². The quantitative estimate of drug-likeness (QED) is 0.748. The van der Waals surface area contributed by atoms with E-state index in [2.05, 4.69) is 29.2 Å². The fourth-order valence-electron chi connectivity index (χ4n) is 3.12. The van der Waals surface area contributed by atoms with Gasteiger partial charge in [-0.05, 0) is 36.6 Å². The predicted octanol–water partition coefficient (Wildman–Crippen LogP) is 3.76. The Morgan fingerprint density at radius 1 is 1.12 bits per heavy atom. The van der Waals surface area contributed by atoms with Crippen LogP contribution in [0.1, 0.15) is 6.42 Å². The van der Waals surface area contributed by atoms with Gasteiger partial charge in [0.05, 0.1) is 5.75 Å². The standard InChI is InChI=1S/C20H24N2OS/c1-21(20(23)16-24-19-10-6-3-7-11-19)14-17-12-13-22(15-17)18-8-4-2-5-9-18/h2-11,17H,12-16H2,1H3. The zero-order valence-electron chi connectivity index (χ0n) is 14.1. The molecule has 0 saturated carbocycles. The van der Waals surface area contributed by atoms with Crippen molar-refractivity contribution in [2.24, 2.45) is 5.92 Å². The van der Waals surface area contributed by atoms with E-state index in [1.165, 1.54) is 5.69 Å². The first kappa shape index (κ1) is 16.9. The van der Waals surface area contributed by atoms with Crippen LogP contribution in [-0.4, -0.2) is 43.2 Å². The summed E-state index contributed by atoms with van der Waals surface area (Å²) in [6, 6.07) is 20.6. The number of para-hydroxylation sites is 1. The highest BCUT2D eigenvalue weighted by atomic mass is 32.2. The largest absolute Gasteiger partial charge is 0.371 e. The zero-order chi connectivity index (χ0) is 16.8. The SMILES string of the molecule is CN(CC1CCN(c2ccccc2)C1)C(=O)CSc1ccccc1. The lowest BCUT2D eigenvalue weighted by Gasteiger charge is -2.22. The summed E-state index contributed by atoms with van der Waals surface area (Å²) >= 11 is 1.61. The summed E-state index contributed by atoms with van der Waals surface area (Å²) < 4.78 is 0. The van der Waals surface area contributed by atoms with Gasteiger partial charge >= 0.3 is 0 Å². The smallest absolute Gasteiger partial charge is 0.232 e. The van der Waals surface area contributed by atoms with E-state index in [9.17, 15) is 4.79 Å². The second-order valence-electron chi connectivity index (χ2n) is 6.31. The molecule has 1 heterocycles. The molecule has 1 unspecified atom stereocenters. The maximum absolute atomic E-state index is 12.3. The van der Waals surface area contributed by atoms with Crippen LogP contribution >= 0.6 is 11.8 Å². The van der Waals surface area contributed by atoms with Gasteiger partial charge < -0.3 is 9.80 Å². The highest BCUT2D eigenvalue weighted by Crippen LogP contribution is 2.24. The third-order valence-corrected chi connectivity index (χ3v) is 5.47. The van der Waals surface area contributed by atoms with E-state index in [-0.39, 0.29) is 5.91 Å². The second-order valence-corrected chi connectivity index (χ2v) is 7.36. The van der Waals surface area contributed by atoms with Crippen molar-refractivity contribution in [3.63, 3.8) is 0 Å². The summed E-state index contributed by atoms with van der Waals surface area (Å²) in [5, 5.41) is 0. The number of carbonyl (C=O) groups excluding carboxylic acids is 1. The molecule has 24 heavy (non-hydrogen) atoms. The minimum Gasteiger partial charge on any atom is -0.371 e. The van der Waals surface area contributed by atoms with Gasteiger partial charge in [-0.25, -0.2) is 0 Å². The molecular weight excluding hydrogens is 316 g/mol. The topological polar surface area (TPSA) is 23.6 Å². The van der Waals surface area contributed by atoms with Crippen molar-refractivity contribution >= 4 is 23.4 Å². The first-order valence-electron chi connectivity index (χ1n) is 8.44. The number of hydrogen-bond donors (Lipinski definition) is 0. The van der Waals surface area contributed by atoms with Gasteiger partial charge in [0.15, 0.2) is 0 Å². The maximum atomic E-state index is 12.3. The monoisotopic (exact) mass is 340 g/mol. The maximum Gasteiger partial charge on any atom is 0.232 e. The molecular formula is C20H24N2OS. The van der Waals surface area contributed by atoms with E-state index in [4.69, 9.17) is 0 Å². The zero-order valence-corrected chi connectivity index (χ0v) is 14.9. The highest BCUT2D eigenvalue weighted by Gasteiger charge is 2.25. The van der Waals surface area contributed by atoms with Gasteiger partial charge in [-0.1, -0.05) is 36.4 Å². The van der Waals surface area contributed by atoms with Crippen LogP contribution in [-0.2, 0) is 4.79 Å². The molecule has 0 spiro atoms. The van der Waals surface area contributed by atoms with Crippen LogP contribution < -0.4 is 4.90 Å². The average Bonchev–Trinajstić information content (AvgIpc) is 3.10. The fraction of sp³-hybridized carbons (Fsp3) is 0.350. The summed E-state index contributed by atoms with van der Waals surface area (Å²) in [5.41, 5.74) is 1.29. The van der Waals surface area contributed by atoms with Crippen LogP contribution in [0.25, 0.3) is 0 Å². The molecule has 0 N–H and O–H groups in total. The number of benzene rings is 2. The van der Waals surface area contributed by atoms with Crippen molar-refractivity contribution in [1.29, 1.82) is 0 Å². The summed E-state index contributed by atoms with van der Waals surface area (Å²) in [6.45, 7) is 2.96. The number of rotatable bonds is 6. The lowest BCUT2D eigenvalue weighted by molar-refractivity contribution is -0.127. The molecule has 0 aliphatic carbocycles. The molecule has 2 aromatic carbocycles. The Morgan fingerprint density at radius 2 is 1.79 bits per heavy atom. The molecule has 1 saturated heterocycles. The molecule has 0 aromatic heterocycles. The third-order valence-electron chi connectivity index (χ3n) is 4.47. The second kappa shape index (κ2) is 8.25. The van der Waals surface area contributed by atoms with Gasteiger partial charge in [0, 0.05) is 37.3 Å². The number of amides is 1. The Morgan fingerprint density at radius 3 is 2.50 bits per heavy atom. The van der Waals surface area contributed by atoms with E-state index < -0.39 is 0 Å². The van der Waals surface area contributed by atoms with Crippen LogP contribution in [0.2, 0.25) is 0 Å². The Bertz CT molecular complexity index is 647. The lowest BCUT2D eigenvalue weighted by atomic mass is 10.1. The van der Waals surface area contributed by atoms with Gasteiger partial charge in [-0.3, -0.25) is 4.79 Å². The third kappa shape index (κ3) is 4.54. The Kier molecular flexibility index (Phi) is 5.81. The van der Waals surface area contributed by atoms with Crippen molar-refractivity contribution in [3.8, 4) is 0 Å². The molecule has 1 amide bonds. The van der Waals surface area contributed by atoms with Gasteiger partial charge in [0.2, 0.25) is 5.91 Å². The van der Waals surface area contributed by atoms with Crippen LogP contribution in [0, 0.1) is 5.92 Å². The molecule has 0 radical (unpaired) electrons. The molecule has 4 heteroatoms. The van der Waals surface area contributed by atoms with Crippen LogP contribution in [0.4, 0.5) is 5.69 Å². The van der Waals surface area contributed by atoms with E-state index in [1.807, 2.05) is 48.3 Å². The van der Waals surface area contributed by atoms with Crippen molar-refractivity contribution < 1.29 is 4.79 Å². The highest BCUT2D eigenvalue weighted by molar-refractivity contribution is 8.00. The molecule has 3 rings (SSSR count). The summed E-state index contributed by atoms with van der Waals surface area (Å²) in [6.07, 6.45) is 1.15. The molecule has 1 aliphatic rings. The summed E-state index contributed by atoms with van der Waals surface area (Å²) in [7, 11) is 1.93. The lowest BCUT2D eigenvalue weighted by Crippen LogP contribution is -2.34. The number of hydrogen-bond acceptors (Lipinski definition) is 3. The number of anilines is 1. The molecule has 1 atom stereocenters. The summed E-state index contributed by atoms with van der Waals surface area (Å²) in [5.74, 6) is 1.28. The van der Waals surface area contributed by atoms with Crippen molar-refractivity contribution in [3.05, 3.63) is 60.7 Å². The molecule has 2 aromatic rings. The normalized spacial score (nSPS) is 17.0. The van der Waals surface area contributed by atoms with E-state index in [0.29, 0.717) is 11.7 Å². The minimum atomic E-state index is 0.210. The number of nitrogens with zero attached hydrogens (tertiary/aromatic N) is 2. The molecule has 3 nitrogen and oxygen atoms in total. The first-order chi connectivity index (χ1) is 11.7. The van der Waals surface area contributed by atoms with Gasteiger partial charge in [-0.15, -0.1) is 11.8 Å². The predicted molar refractivity (Wildman–Crippen MR) is 102 cm³/mol. The first-order valence-corrected chi connectivity index (χ1v) is 9.43. The Hall–Kier alpha value is -1.94. The fourth-order valence-corrected chi connectivity index (χ4v) is 3.98. The van der Waals surface area contributed by atoms with Gasteiger partial charge in [0.1, 0.15) is 0 Å². The van der Waals surface area contributed by atoms with Crippen molar-refractivity contribution in [2.75, 3.05) is 37.3 Å². The minimum absolute atomic E-state index is 0.210. The number of thioether (sulfide) groups is 1. The molecule has 1 fully saturated rings. The molecule has 1 aliphatic heterocycles. The van der Waals surface area contributed by atoms with Gasteiger partial charge in [-0.2, -0.15) is 0 Å². The van der Waals surface area contributed by atoms with E-state index >= 15 is 0 Å². The van der Waals surface area contributed by atoms with E-state index in [0.717, 1.165) is 31.0 Å². The Labute approximate surface area is 148 Å². The van der Waals surface area contributed by atoms with Crippen LogP contribution in [0.15, 0.2) is 65.6 Å². The van der Waals surface area contributed by atoms with Crippen LogP contribution in [0.5, 0.6) is 0 Å². The van der Waals surface area contributed by atoms with Crippen molar-refractivity contribution in [1.82, 2.24) is 4.90 Å². The average molecular weight is 340 g/mol. The van der Waals surface area contributed by atoms with Crippen LogP contribution in [0.3, 0.4) is 0 Å². The van der Waals surface area contributed by atoms with Crippen molar-refractivity contribution in [2.45, 2.75) is 11.3 Å². The Balaban J connectivity index is 1.45. The summed E-state index contributed by atoms with van der Waals surface area (Å²) in [4.78, 5) is 17.8. The molecule has 0 bridgehead atoms. The van der Waals surface area contributed by atoms with Gasteiger partial charge in [0.25, 0.3) is 0 Å². The molecule has 126 valence electrons. The number of carbonyl (C=O) groups is 1.